The van der Waals surface area contributed by atoms with Gasteiger partial charge in [-0.3, -0.25) is 4.79 Å². The Balaban J connectivity index is 2.56. The minimum absolute atomic E-state index is 0.363. The van der Waals surface area contributed by atoms with Gasteiger partial charge < -0.3 is 10.1 Å². The van der Waals surface area contributed by atoms with Gasteiger partial charge in [-0.2, -0.15) is 13.2 Å². The summed E-state index contributed by atoms with van der Waals surface area (Å²) in [6.07, 6.45) is -6.05. The molecule has 1 amide bonds. The first-order valence-corrected chi connectivity index (χ1v) is 4.92. The molecule has 0 atom stereocenters. The lowest BCUT2D eigenvalue weighted by atomic mass is 10.2. The normalized spacial score (nSPS) is 11.1. The number of hydrogen-bond acceptors (Lipinski definition) is 2. The van der Waals surface area contributed by atoms with E-state index in [1.54, 1.807) is 24.3 Å². The van der Waals surface area contributed by atoms with Crippen molar-refractivity contribution in [2.45, 2.75) is 19.0 Å². The second kappa shape index (κ2) is 5.56. The molecule has 0 saturated carbocycles. The Labute approximate surface area is 96.6 Å². The summed E-state index contributed by atoms with van der Waals surface area (Å²) in [5, 5.41) is 2.37. The number of nitrogens with one attached hydrogen (secondary N) is 1. The van der Waals surface area contributed by atoms with Crippen LogP contribution in [0.5, 0.6) is 5.75 Å². The van der Waals surface area contributed by atoms with E-state index >= 15 is 0 Å². The van der Waals surface area contributed by atoms with E-state index in [-0.39, 0.29) is 0 Å². The third-order valence-electron chi connectivity index (χ3n) is 2.02. The molecular weight excluding hydrogens is 235 g/mol. The minimum Gasteiger partial charge on any atom is -0.495 e. The Hall–Kier alpha value is -1.72. The van der Waals surface area contributed by atoms with Gasteiger partial charge in [0.2, 0.25) is 5.91 Å². The molecular formula is C11H12F3NO2. The first-order chi connectivity index (χ1) is 7.92. The molecule has 0 aliphatic rings. The molecule has 0 spiro atoms. The van der Waals surface area contributed by atoms with Crippen molar-refractivity contribution in [2.75, 3.05) is 12.4 Å². The van der Waals surface area contributed by atoms with E-state index in [1.165, 1.54) is 7.11 Å². The van der Waals surface area contributed by atoms with Gasteiger partial charge in [0.05, 0.1) is 19.2 Å². The van der Waals surface area contributed by atoms with Crippen LogP contribution in [0.25, 0.3) is 0 Å². The second-order valence-corrected chi connectivity index (χ2v) is 3.36. The number of hydrogen-bond donors (Lipinski definition) is 1. The van der Waals surface area contributed by atoms with E-state index < -0.39 is 24.9 Å². The zero-order valence-electron chi connectivity index (χ0n) is 9.17. The van der Waals surface area contributed by atoms with Crippen molar-refractivity contribution in [3.05, 3.63) is 24.3 Å². The van der Waals surface area contributed by atoms with Crippen LogP contribution < -0.4 is 10.1 Å². The van der Waals surface area contributed by atoms with Crippen LogP contribution >= 0.6 is 0 Å². The maximum absolute atomic E-state index is 11.9. The van der Waals surface area contributed by atoms with Gasteiger partial charge in [0.1, 0.15) is 5.75 Å². The number of carbonyl (C=O) groups excluding carboxylic acids is 1. The molecule has 0 saturated heterocycles. The number of alkyl halides is 3. The summed E-state index contributed by atoms with van der Waals surface area (Å²) >= 11 is 0. The standard InChI is InChI=1S/C11H12F3NO2/c1-17-9-5-3-2-4-8(9)15-10(16)6-7-11(12,13)14/h2-5H,6-7H2,1H3,(H,15,16). The van der Waals surface area contributed by atoms with Gasteiger partial charge in [-0.05, 0) is 12.1 Å². The molecule has 0 heterocycles. The molecule has 0 aromatic heterocycles. The molecule has 0 bridgehead atoms. The van der Waals surface area contributed by atoms with Gasteiger partial charge in [-0.1, -0.05) is 12.1 Å². The Morgan fingerprint density at radius 3 is 2.59 bits per heavy atom. The molecule has 1 rings (SSSR count). The number of amides is 1. The maximum Gasteiger partial charge on any atom is 0.389 e. The van der Waals surface area contributed by atoms with Crippen LogP contribution in [-0.4, -0.2) is 19.2 Å². The monoisotopic (exact) mass is 247 g/mol. The minimum atomic E-state index is -4.32. The average molecular weight is 247 g/mol. The number of para-hydroxylation sites is 2. The summed E-state index contributed by atoms with van der Waals surface area (Å²) in [7, 11) is 1.42. The highest BCUT2D eigenvalue weighted by atomic mass is 19.4. The predicted molar refractivity (Wildman–Crippen MR) is 56.9 cm³/mol. The van der Waals surface area contributed by atoms with Crippen molar-refractivity contribution in [3.63, 3.8) is 0 Å². The van der Waals surface area contributed by atoms with E-state index in [9.17, 15) is 18.0 Å². The number of ether oxygens (including phenoxy) is 1. The molecule has 1 aromatic carbocycles. The van der Waals surface area contributed by atoms with Crippen LogP contribution in [0.1, 0.15) is 12.8 Å². The van der Waals surface area contributed by atoms with Crippen LogP contribution in [0.15, 0.2) is 24.3 Å². The van der Waals surface area contributed by atoms with Crippen molar-refractivity contribution in [1.82, 2.24) is 0 Å². The summed E-state index contributed by atoms with van der Waals surface area (Å²) in [6, 6.07) is 6.52. The number of halogens is 3. The smallest absolute Gasteiger partial charge is 0.389 e. The Morgan fingerprint density at radius 1 is 1.35 bits per heavy atom. The Bertz CT molecular complexity index is 391. The number of benzene rings is 1. The number of carbonyl (C=O) groups is 1. The van der Waals surface area contributed by atoms with Crippen LogP contribution in [-0.2, 0) is 4.79 Å². The van der Waals surface area contributed by atoms with Gasteiger partial charge >= 0.3 is 6.18 Å². The predicted octanol–water partition coefficient (Wildman–Crippen LogP) is 2.98. The molecule has 6 heteroatoms. The summed E-state index contributed by atoms with van der Waals surface area (Å²) < 4.78 is 40.6. The quantitative estimate of drug-likeness (QED) is 0.888. The Morgan fingerprint density at radius 2 is 2.00 bits per heavy atom. The van der Waals surface area contributed by atoms with Crippen LogP contribution in [0.4, 0.5) is 18.9 Å². The van der Waals surface area contributed by atoms with Crippen molar-refractivity contribution in [1.29, 1.82) is 0 Å². The number of methoxy groups -OCH3 is 1. The van der Waals surface area contributed by atoms with E-state index in [1.807, 2.05) is 0 Å². The van der Waals surface area contributed by atoms with Crippen molar-refractivity contribution < 1.29 is 22.7 Å². The third kappa shape index (κ3) is 4.76. The molecule has 94 valence electrons. The van der Waals surface area contributed by atoms with Gasteiger partial charge in [-0.15, -0.1) is 0 Å². The van der Waals surface area contributed by atoms with E-state index in [2.05, 4.69) is 5.32 Å². The molecule has 0 unspecified atom stereocenters. The lowest BCUT2D eigenvalue weighted by Crippen LogP contribution is -2.16. The van der Waals surface area contributed by atoms with E-state index in [0.29, 0.717) is 11.4 Å². The van der Waals surface area contributed by atoms with Gasteiger partial charge in [0.25, 0.3) is 0 Å². The fraction of sp³-hybridized carbons (Fsp3) is 0.364. The zero-order valence-corrected chi connectivity index (χ0v) is 9.17. The highest BCUT2D eigenvalue weighted by Crippen LogP contribution is 2.25. The second-order valence-electron chi connectivity index (χ2n) is 3.36. The number of rotatable bonds is 4. The fourth-order valence-electron chi connectivity index (χ4n) is 1.22. The average Bonchev–Trinajstić information content (AvgIpc) is 2.26. The van der Waals surface area contributed by atoms with Crippen molar-refractivity contribution in [3.8, 4) is 5.75 Å². The van der Waals surface area contributed by atoms with Crippen LogP contribution in [0.3, 0.4) is 0 Å². The summed E-state index contributed by atoms with van der Waals surface area (Å²) in [5.41, 5.74) is 0.363. The van der Waals surface area contributed by atoms with Crippen molar-refractivity contribution >= 4 is 11.6 Å². The zero-order chi connectivity index (χ0) is 12.9. The molecule has 1 N–H and O–H groups in total. The number of anilines is 1. The summed E-state index contributed by atoms with van der Waals surface area (Å²) in [6.45, 7) is 0. The van der Waals surface area contributed by atoms with E-state index in [4.69, 9.17) is 4.74 Å². The molecule has 0 radical (unpaired) electrons. The lowest BCUT2D eigenvalue weighted by molar-refractivity contribution is -0.142. The van der Waals surface area contributed by atoms with E-state index in [0.717, 1.165) is 0 Å². The lowest BCUT2D eigenvalue weighted by Gasteiger charge is -2.10. The topological polar surface area (TPSA) is 38.3 Å². The van der Waals surface area contributed by atoms with Gasteiger partial charge in [-0.25, -0.2) is 0 Å². The van der Waals surface area contributed by atoms with Gasteiger partial charge in [0.15, 0.2) is 0 Å². The molecule has 0 aliphatic heterocycles. The maximum atomic E-state index is 11.9. The van der Waals surface area contributed by atoms with Crippen LogP contribution in [0, 0.1) is 0 Å². The SMILES string of the molecule is COc1ccccc1NC(=O)CCC(F)(F)F. The van der Waals surface area contributed by atoms with Gasteiger partial charge in [0, 0.05) is 6.42 Å². The largest absolute Gasteiger partial charge is 0.495 e. The third-order valence-corrected chi connectivity index (χ3v) is 2.02. The highest BCUT2D eigenvalue weighted by Gasteiger charge is 2.27. The molecule has 1 aromatic rings. The Kier molecular flexibility index (Phi) is 4.37. The first-order valence-electron chi connectivity index (χ1n) is 4.92. The fourth-order valence-corrected chi connectivity index (χ4v) is 1.22. The van der Waals surface area contributed by atoms with Crippen molar-refractivity contribution in [2.24, 2.45) is 0 Å². The molecule has 0 aliphatic carbocycles. The molecule has 3 nitrogen and oxygen atoms in total. The highest BCUT2D eigenvalue weighted by molar-refractivity contribution is 5.92. The molecule has 0 fully saturated rings. The summed E-state index contributed by atoms with van der Waals surface area (Å²) in [5.74, 6) is -0.278. The van der Waals surface area contributed by atoms with Crippen LogP contribution in [0.2, 0.25) is 0 Å². The summed E-state index contributed by atoms with van der Waals surface area (Å²) in [4.78, 5) is 11.3. The molecule has 17 heavy (non-hydrogen) atoms. The first kappa shape index (κ1) is 13.3.